The van der Waals surface area contributed by atoms with Crippen LogP contribution in [0.5, 0.6) is 11.6 Å². The predicted octanol–water partition coefficient (Wildman–Crippen LogP) is 4.23. The number of benzene rings is 1. The number of aromatic nitrogens is 2. The second-order valence-corrected chi connectivity index (χ2v) is 4.93. The van der Waals surface area contributed by atoms with Gasteiger partial charge in [-0.2, -0.15) is 0 Å². The third-order valence-corrected chi connectivity index (χ3v) is 3.07. The molecule has 20 heavy (non-hydrogen) atoms. The number of hydrogen-bond acceptors (Lipinski definition) is 4. The Morgan fingerprint density at radius 1 is 1.30 bits per heavy atom. The van der Waals surface area contributed by atoms with Gasteiger partial charge in [-0.3, -0.25) is 0 Å². The number of anilines is 1. The average Bonchev–Trinajstić information content (AvgIpc) is 2.42. The first-order valence-corrected chi connectivity index (χ1v) is 6.56. The molecule has 0 aliphatic heterocycles. The summed E-state index contributed by atoms with van der Waals surface area (Å²) in [7, 11) is 1.78. The minimum atomic E-state index is -0.529. The van der Waals surface area contributed by atoms with Crippen LogP contribution in [0, 0.1) is 5.82 Å². The van der Waals surface area contributed by atoms with Crippen molar-refractivity contribution in [2.75, 3.05) is 12.4 Å². The van der Waals surface area contributed by atoms with Gasteiger partial charge in [0.2, 0.25) is 5.88 Å². The molecule has 0 unspecified atom stereocenters. The fourth-order valence-corrected chi connectivity index (χ4v) is 1.95. The van der Waals surface area contributed by atoms with Gasteiger partial charge in [-0.05, 0) is 18.1 Å². The maximum absolute atomic E-state index is 13.4. The summed E-state index contributed by atoms with van der Waals surface area (Å²) < 4.78 is 19.1. The standard InChI is InChI=1S/C14H15ClFN3O/c1-8(2)12-13(17-3)18-7-19-14(12)20-9-4-5-10(15)11(16)6-9/h4-8H,1-3H3,(H,17,18,19). The summed E-state index contributed by atoms with van der Waals surface area (Å²) in [5.41, 5.74) is 0.838. The average molecular weight is 296 g/mol. The van der Waals surface area contributed by atoms with E-state index in [9.17, 15) is 4.39 Å². The van der Waals surface area contributed by atoms with Crippen molar-refractivity contribution in [1.29, 1.82) is 0 Å². The summed E-state index contributed by atoms with van der Waals surface area (Å²) in [6.45, 7) is 4.02. The lowest BCUT2D eigenvalue weighted by Crippen LogP contribution is -2.04. The molecule has 0 radical (unpaired) electrons. The molecule has 0 fully saturated rings. The van der Waals surface area contributed by atoms with Crippen molar-refractivity contribution in [3.8, 4) is 11.6 Å². The van der Waals surface area contributed by atoms with Crippen molar-refractivity contribution in [1.82, 2.24) is 9.97 Å². The molecule has 1 aromatic heterocycles. The first kappa shape index (κ1) is 14.5. The third-order valence-electron chi connectivity index (χ3n) is 2.77. The summed E-state index contributed by atoms with van der Waals surface area (Å²) in [6.07, 6.45) is 1.40. The van der Waals surface area contributed by atoms with Crippen molar-refractivity contribution in [2.45, 2.75) is 19.8 Å². The van der Waals surface area contributed by atoms with Gasteiger partial charge in [0.05, 0.1) is 10.6 Å². The molecular formula is C14H15ClFN3O. The molecule has 1 aromatic carbocycles. The summed E-state index contributed by atoms with van der Waals surface area (Å²) in [4.78, 5) is 8.28. The molecule has 0 aliphatic rings. The normalized spacial score (nSPS) is 10.7. The number of nitrogens with one attached hydrogen (secondary N) is 1. The van der Waals surface area contributed by atoms with E-state index < -0.39 is 5.82 Å². The second kappa shape index (κ2) is 6.05. The number of rotatable bonds is 4. The Balaban J connectivity index is 2.40. The molecule has 4 nitrogen and oxygen atoms in total. The van der Waals surface area contributed by atoms with Gasteiger partial charge < -0.3 is 10.1 Å². The van der Waals surface area contributed by atoms with Crippen LogP contribution in [0.15, 0.2) is 24.5 Å². The van der Waals surface area contributed by atoms with Gasteiger partial charge in [-0.15, -0.1) is 0 Å². The molecule has 0 aliphatic carbocycles. The first-order chi connectivity index (χ1) is 9.52. The zero-order valence-electron chi connectivity index (χ0n) is 11.4. The fourth-order valence-electron chi connectivity index (χ4n) is 1.83. The molecule has 6 heteroatoms. The van der Waals surface area contributed by atoms with Crippen LogP contribution >= 0.6 is 11.6 Å². The molecule has 2 aromatic rings. The molecule has 1 heterocycles. The van der Waals surface area contributed by atoms with E-state index in [2.05, 4.69) is 15.3 Å². The minimum absolute atomic E-state index is 0.0556. The van der Waals surface area contributed by atoms with Crippen molar-refractivity contribution in [3.05, 3.63) is 40.9 Å². The van der Waals surface area contributed by atoms with Gasteiger partial charge in [0, 0.05) is 13.1 Å². The quantitative estimate of drug-likeness (QED) is 0.917. The van der Waals surface area contributed by atoms with Crippen molar-refractivity contribution >= 4 is 17.4 Å². The predicted molar refractivity (Wildman–Crippen MR) is 77.2 cm³/mol. The number of nitrogens with zero attached hydrogens (tertiary/aromatic N) is 2. The highest BCUT2D eigenvalue weighted by molar-refractivity contribution is 6.30. The molecule has 0 atom stereocenters. The summed E-state index contributed by atoms with van der Waals surface area (Å²) >= 11 is 5.65. The minimum Gasteiger partial charge on any atom is -0.438 e. The number of hydrogen-bond donors (Lipinski definition) is 1. The van der Waals surface area contributed by atoms with E-state index in [0.29, 0.717) is 17.4 Å². The Morgan fingerprint density at radius 2 is 2.05 bits per heavy atom. The highest BCUT2D eigenvalue weighted by atomic mass is 35.5. The van der Waals surface area contributed by atoms with Crippen molar-refractivity contribution < 1.29 is 9.13 Å². The Kier molecular flexibility index (Phi) is 4.39. The zero-order chi connectivity index (χ0) is 14.7. The lowest BCUT2D eigenvalue weighted by atomic mass is 10.1. The SMILES string of the molecule is CNc1ncnc(Oc2ccc(Cl)c(F)c2)c1C(C)C. The topological polar surface area (TPSA) is 47.0 Å². The van der Waals surface area contributed by atoms with E-state index in [0.717, 1.165) is 5.56 Å². The monoisotopic (exact) mass is 295 g/mol. The van der Waals surface area contributed by atoms with E-state index in [-0.39, 0.29) is 10.9 Å². The molecule has 2 rings (SSSR count). The Bertz CT molecular complexity index is 619. The van der Waals surface area contributed by atoms with Gasteiger partial charge in [0.1, 0.15) is 23.7 Å². The van der Waals surface area contributed by atoms with Crippen LogP contribution in [0.1, 0.15) is 25.3 Å². The molecule has 106 valence electrons. The van der Waals surface area contributed by atoms with Crippen LogP contribution in [0.2, 0.25) is 5.02 Å². The Morgan fingerprint density at radius 3 is 2.65 bits per heavy atom. The maximum atomic E-state index is 13.4. The second-order valence-electron chi connectivity index (χ2n) is 4.52. The first-order valence-electron chi connectivity index (χ1n) is 6.18. The van der Waals surface area contributed by atoms with E-state index in [4.69, 9.17) is 16.3 Å². The molecule has 0 saturated carbocycles. The molecule has 0 amide bonds. The van der Waals surface area contributed by atoms with Gasteiger partial charge in [-0.25, -0.2) is 14.4 Å². The zero-order valence-corrected chi connectivity index (χ0v) is 12.2. The van der Waals surface area contributed by atoms with Crippen LogP contribution in [0.3, 0.4) is 0 Å². The molecule has 0 saturated heterocycles. The lowest BCUT2D eigenvalue weighted by molar-refractivity contribution is 0.447. The largest absolute Gasteiger partial charge is 0.438 e. The lowest BCUT2D eigenvalue weighted by Gasteiger charge is -2.15. The number of halogens is 2. The van der Waals surface area contributed by atoms with Crippen molar-refractivity contribution in [3.63, 3.8) is 0 Å². The van der Waals surface area contributed by atoms with Gasteiger partial charge in [0.25, 0.3) is 0 Å². The van der Waals surface area contributed by atoms with E-state index in [1.807, 2.05) is 13.8 Å². The van der Waals surface area contributed by atoms with Crippen LogP contribution in [-0.2, 0) is 0 Å². The van der Waals surface area contributed by atoms with Crippen molar-refractivity contribution in [2.24, 2.45) is 0 Å². The maximum Gasteiger partial charge on any atom is 0.227 e. The molecule has 0 spiro atoms. The van der Waals surface area contributed by atoms with Crippen LogP contribution in [0.25, 0.3) is 0 Å². The third kappa shape index (κ3) is 2.99. The molecule has 1 N–H and O–H groups in total. The van der Waals surface area contributed by atoms with Gasteiger partial charge >= 0.3 is 0 Å². The van der Waals surface area contributed by atoms with Gasteiger partial charge in [-0.1, -0.05) is 25.4 Å². The van der Waals surface area contributed by atoms with Crippen LogP contribution in [0.4, 0.5) is 10.2 Å². The summed E-state index contributed by atoms with van der Waals surface area (Å²) in [6, 6.07) is 4.27. The number of ether oxygens (including phenoxy) is 1. The fraction of sp³-hybridized carbons (Fsp3) is 0.286. The molecular weight excluding hydrogens is 281 g/mol. The van der Waals surface area contributed by atoms with E-state index in [1.54, 1.807) is 13.1 Å². The van der Waals surface area contributed by atoms with Gasteiger partial charge in [0.15, 0.2) is 0 Å². The Hall–Kier alpha value is -1.88. The highest BCUT2D eigenvalue weighted by Gasteiger charge is 2.16. The van der Waals surface area contributed by atoms with Crippen LogP contribution in [-0.4, -0.2) is 17.0 Å². The summed E-state index contributed by atoms with van der Waals surface area (Å²) in [5, 5.41) is 3.05. The van der Waals surface area contributed by atoms with Crippen LogP contribution < -0.4 is 10.1 Å². The summed E-state index contributed by atoms with van der Waals surface area (Å²) in [5.74, 6) is 1.07. The molecule has 0 bridgehead atoms. The van der Waals surface area contributed by atoms with E-state index >= 15 is 0 Å². The highest BCUT2D eigenvalue weighted by Crippen LogP contribution is 2.33. The smallest absolute Gasteiger partial charge is 0.227 e. The van der Waals surface area contributed by atoms with E-state index in [1.165, 1.54) is 18.5 Å². The Labute approximate surface area is 122 Å².